The highest BCUT2D eigenvalue weighted by molar-refractivity contribution is 5.83. The van der Waals surface area contributed by atoms with Crippen molar-refractivity contribution in [2.45, 2.75) is 52.1 Å². The smallest absolute Gasteiger partial charge is 0.312 e. The summed E-state index contributed by atoms with van der Waals surface area (Å²) in [6, 6.07) is 0. The quantitative estimate of drug-likeness (QED) is 0.589. The van der Waals surface area contributed by atoms with E-state index >= 15 is 0 Å². The van der Waals surface area contributed by atoms with Crippen LogP contribution in [-0.4, -0.2) is 24.6 Å². The number of hydrogen-bond acceptors (Lipinski definition) is 4. The van der Waals surface area contributed by atoms with Crippen LogP contribution in [0.25, 0.3) is 0 Å². The molecule has 3 unspecified atom stereocenters. The third-order valence-corrected chi connectivity index (χ3v) is 4.29. The Morgan fingerprint density at radius 1 is 1.35 bits per heavy atom. The number of ether oxygens (including phenoxy) is 2. The van der Waals surface area contributed by atoms with Gasteiger partial charge in [-0.25, -0.2) is 0 Å². The fourth-order valence-electron chi connectivity index (χ4n) is 3.31. The standard InChI is InChI=1S/C16H24O4/c1-10-6-7-16(9-10,14(18)19-5)12-8-11(12)13(17)20-15(2,3)4/h11-12H,1,6-9H2,2-5H3. The Bertz CT molecular complexity index is 446. The zero-order valence-electron chi connectivity index (χ0n) is 12.8. The molecule has 0 N–H and O–H groups in total. The summed E-state index contributed by atoms with van der Waals surface area (Å²) >= 11 is 0. The fourth-order valence-corrected chi connectivity index (χ4v) is 3.31. The van der Waals surface area contributed by atoms with Gasteiger partial charge in [-0.2, -0.15) is 0 Å². The molecule has 2 aliphatic carbocycles. The molecule has 3 atom stereocenters. The van der Waals surface area contributed by atoms with Crippen molar-refractivity contribution in [1.82, 2.24) is 0 Å². The van der Waals surface area contributed by atoms with Crippen molar-refractivity contribution in [3.63, 3.8) is 0 Å². The van der Waals surface area contributed by atoms with Crippen LogP contribution < -0.4 is 0 Å². The lowest BCUT2D eigenvalue weighted by molar-refractivity contribution is -0.159. The minimum atomic E-state index is -0.548. The van der Waals surface area contributed by atoms with Crippen LogP contribution in [0.2, 0.25) is 0 Å². The lowest BCUT2D eigenvalue weighted by Crippen LogP contribution is -2.34. The molecule has 0 saturated heterocycles. The Hall–Kier alpha value is -1.32. The van der Waals surface area contributed by atoms with E-state index in [1.54, 1.807) is 0 Å². The van der Waals surface area contributed by atoms with E-state index in [-0.39, 0.29) is 23.8 Å². The molecule has 112 valence electrons. The maximum Gasteiger partial charge on any atom is 0.312 e. The number of hydrogen-bond donors (Lipinski definition) is 0. The molecule has 4 heteroatoms. The summed E-state index contributed by atoms with van der Waals surface area (Å²) < 4.78 is 10.4. The number of carbonyl (C=O) groups excluding carboxylic acids is 2. The molecule has 0 aromatic rings. The van der Waals surface area contributed by atoms with E-state index < -0.39 is 11.0 Å². The zero-order chi connectivity index (χ0) is 15.1. The minimum Gasteiger partial charge on any atom is -0.469 e. The molecule has 0 aromatic heterocycles. The van der Waals surface area contributed by atoms with Crippen LogP contribution in [0.15, 0.2) is 12.2 Å². The highest BCUT2D eigenvalue weighted by atomic mass is 16.6. The average Bonchev–Trinajstić information content (AvgIpc) is 3.05. The summed E-state index contributed by atoms with van der Waals surface area (Å²) in [5.74, 6) is -0.515. The zero-order valence-corrected chi connectivity index (χ0v) is 12.8. The van der Waals surface area contributed by atoms with Gasteiger partial charge in [0.15, 0.2) is 0 Å². The summed E-state index contributed by atoms with van der Waals surface area (Å²) in [5.41, 5.74) is 0.0419. The molecule has 4 nitrogen and oxygen atoms in total. The highest BCUT2D eigenvalue weighted by Crippen LogP contribution is 2.60. The molecule has 0 aromatic carbocycles. The van der Waals surface area contributed by atoms with Gasteiger partial charge in [-0.15, -0.1) is 0 Å². The van der Waals surface area contributed by atoms with E-state index in [0.29, 0.717) is 6.42 Å². The molecule has 0 bridgehead atoms. The Labute approximate surface area is 120 Å². The third kappa shape index (κ3) is 2.74. The monoisotopic (exact) mass is 280 g/mol. The lowest BCUT2D eigenvalue weighted by Gasteiger charge is -2.26. The second-order valence-corrected chi connectivity index (χ2v) is 7.06. The SMILES string of the molecule is C=C1CCC(C(=O)OC)(C2CC2C(=O)OC(C)(C)C)C1. The van der Waals surface area contributed by atoms with Crippen molar-refractivity contribution in [1.29, 1.82) is 0 Å². The van der Waals surface area contributed by atoms with E-state index in [9.17, 15) is 9.59 Å². The molecule has 0 heterocycles. The Balaban J connectivity index is 2.09. The topological polar surface area (TPSA) is 52.6 Å². The summed E-state index contributed by atoms with van der Waals surface area (Å²) in [7, 11) is 1.41. The first-order valence-electron chi connectivity index (χ1n) is 7.17. The van der Waals surface area contributed by atoms with Gasteiger partial charge >= 0.3 is 11.9 Å². The van der Waals surface area contributed by atoms with Crippen molar-refractivity contribution in [3.05, 3.63) is 12.2 Å². The van der Waals surface area contributed by atoms with Crippen molar-refractivity contribution >= 4 is 11.9 Å². The molecular formula is C16H24O4. The highest BCUT2D eigenvalue weighted by Gasteiger charge is 2.62. The van der Waals surface area contributed by atoms with Gasteiger partial charge < -0.3 is 9.47 Å². The number of carbonyl (C=O) groups is 2. The van der Waals surface area contributed by atoms with Crippen molar-refractivity contribution in [3.8, 4) is 0 Å². The maximum atomic E-state index is 12.2. The maximum absolute atomic E-state index is 12.2. The predicted octanol–water partition coefficient (Wildman–Crippen LogP) is 2.86. The summed E-state index contributed by atoms with van der Waals surface area (Å²) in [5, 5.41) is 0. The largest absolute Gasteiger partial charge is 0.469 e. The Morgan fingerprint density at radius 3 is 2.45 bits per heavy atom. The minimum absolute atomic E-state index is 0.0454. The summed E-state index contributed by atoms with van der Waals surface area (Å²) in [6.45, 7) is 9.55. The first kappa shape index (κ1) is 15.1. The van der Waals surface area contributed by atoms with Crippen molar-refractivity contribution in [2.24, 2.45) is 17.3 Å². The molecule has 0 amide bonds. The van der Waals surface area contributed by atoms with E-state index in [1.165, 1.54) is 7.11 Å². The second-order valence-electron chi connectivity index (χ2n) is 7.06. The Kier molecular flexibility index (Phi) is 3.69. The van der Waals surface area contributed by atoms with E-state index in [1.807, 2.05) is 20.8 Å². The van der Waals surface area contributed by atoms with Gasteiger partial charge in [0.2, 0.25) is 0 Å². The van der Waals surface area contributed by atoms with E-state index in [4.69, 9.17) is 9.47 Å². The van der Waals surface area contributed by atoms with Crippen LogP contribution in [0.1, 0.15) is 46.5 Å². The number of allylic oxidation sites excluding steroid dienone is 1. The van der Waals surface area contributed by atoms with Gasteiger partial charge in [0.25, 0.3) is 0 Å². The van der Waals surface area contributed by atoms with Gasteiger partial charge in [-0.1, -0.05) is 12.2 Å². The van der Waals surface area contributed by atoms with Crippen LogP contribution in [0, 0.1) is 17.3 Å². The van der Waals surface area contributed by atoms with E-state index in [2.05, 4.69) is 6.58 Å². The molecular weight excluding hydrogens is 256 g/mol. The van der Waals surface area contributed by atoms with Crippen LogP contribution in [-0.2, 0) is 19.1 Å². The molecule has 2 rings (SSSR count). The van der Waals surface area contributed by atoms with Gasteiger partial charge in [-0.05, 0) is 52.4 Å². The van der Waals surface area contributed by atoms with Gasteiger partial charge in [0.05, 0.1) is 18.4 Å². The summed E-state index contributed by atoms with van der Waals surface area (Å²) in [4.78, 5) is 24.3. The molecule has 2 aliphatic rings. The number of esters is 2. The second kappa shape index (κ2) is 4.90. The molecule has 0 aliphatic heterocycles. The number of rotatable bonds is 3. The Morgan fingerprint density at radius 2 is 2.00 bits per heavy atom. The molecule has 2 saturated carbocycles. The van der Waals surface area contributed by atoms with Gasteiger partial charge in [-0.3, -0.25) is 9.59 Å². The predicted molar refractivity (Wildman–Crippen MR) is 74.9 cm³/mol. The third-order valence-electron chi connectivity index (χ3n) is 4.29. The average molecular weight is 280 g/mol. The normalized spacial score (nSPS) is 32.9. The molecule has 0 radical (unpaired) electrons. The molecule has 20 heavy (non-hydrogen) atoms. The summed E-state index contributed by atoms with van der Waals surface area (Å²) in [6.07, 6.45) is 2.94. The molecule has 2 fully saturated rings. The van der Waals surface area contributed by atoms with Crippen molar-refractivity contribution in [2.75, 3.05) is 7.11 Å². The lowest BCUT2D eigenvalue weighted by atomic mass is 9.79. The molecule has 0 spiro atoms. The first-order chi connectivity index (χ1) is 9.19. The van der Waals surface area contributed by atoms with E-state index in [0.717, 1.165) is 24.8 Å². The fraction of sp³-hybridized carbons (Fsp3) is 0.750. The number of methoxy groups -OCH3 is 1. The van der Waals surface area contributed by atoms with Gasteiger partial charge in [0.1, 0.15) is 5.60 Å². The van der Waals surface area contributed by atoms with Gasteiger partial charge in [0, 0.05) is 0 Å². The van der Waals surface area contributed by atoms with Crippen LogP contribution in [0.5, 0.6) is 0 Å². The van der Waals surface area contributed by atoms with Crippen LogP contribution in [0.4, 0.5) is 0 Å². The first-order valence-corrected chi connectivity index (χ1v) is 7.17. The van der Waals surface area contributed by atoms with Crippen molar-refractivity contribution < 1.29 is 19.1 Å². The van der Waals surface area contributed by atoms with Crippen LogP contribution in [0.3, 0.4) is 0 Å². The van der Waals surface area contributed by atoms with Crippen LogP contribution >= 0.6 is 0 Å².